The highest BCUT2D eigenvalue weighted by Gasteiger charge is 2.35. The molecule has 1 aromatic carbocycles. The zero-order chi connectivity index (χ0) is 14.4. The van der Waals surface area contributed by atoms with E-state index in [1.807, 2.05) is 13.8 Å². The molecule has 0 amide bonds. The van der Waals surface area contributed by atoms with Gasteiger partial charge in [-0.1, -0.05) is 6.92 Å². The molecule has 0 saturated heterocycles. The smallest absolute Gasteiger partial charge is 0.336 e. The first-order valence-electron chi connectivity index (χ1n) is 6.52. The predicted molar refractivity (Wildman–Crippen MR) is 73.2 cm³/mol. The molecule has 0 bridgehead atoms. The van der Waals surface area contributed by atoms with Crippen molar-refractivity contribution in [3.05, 3.63) is 34.2 Å². The van der Waals surface area contributed by atoms with Gasteiger partial charge in [0.15, 0.2) is 5.58 Å². The van der Waals surface area contributed by atoms with E-state index >= 15 is 0 Å². The van der Waals surface area contributed by atoms with Crippen LogP contribution in [-0.4, -0.2) is 18.3 Å². The largest absolute Gasteiger partial charge is 0.496 e. The van der Waals surface area contributed by atoms with Gasteiger partial charge in [-0.15, -0.1) is 0 Å². The standard InChI is InChI=1S/C15H16O5/c1-7-8(2)19-11-6-10(18-3)9-4-5-12(16)20-15(9)13(11)14(7)17/h4-8,14,17H,1-3H3/t7-,8-,14+/m1/s1. The van der Waals surface area contributed by atoms with Crippen LogP contribution in [0.25, 0.3) is 11.0 Å². The Morgan fingerprint density at radius 3 is 2.75 bits per heavy atom. The second-order valence-electron chi connectivity index (χ2n) is 5.11. The summed E-state index contributed by atoms with van der Waals surface area (Å²) in [4.78, 5) is 11.5. The number of rotatable bonds is 1. The Morgan fingerprint density at radius 2 is 2.05 bits per heavy atom. The lowest BCUT2D eigenvalue weighted by Gasteiger charge is -2.33. The van der Waals surface area contributed by atoms with E-state index < -0.39 is 11.7 Å². The highest BCUT2D eigenvalue weighted by atomic mass is 16.5. The molecule has 5 nitrogen and oxygen atoms in total. The zero-order valence-electron chi connectivity index (χ0n) is 11.5. The number of aliphatic hydroxyl groups is 1. The van der Waals surface area contributed by atoms with E-state index in [4.69, 9.17) is 13.9 Å². The van der Waals surface area contributed by atoms with Crippen LogP contribution in [0.15, 0.2) is 27.4 Å². The van der Waals surface area contributed by atoms with Crippen molar-refractivity contribution in [3.63, 3.8) is 0 Å². The van der Waals surface area contributed by atoms with Gasteiger partial charge in [0.25, 0.3) is 0 Å². The average molecular weight is 276 g/mol. The Kier molecular flexibility index (Phi) is 2.94. The van der Waals surface area contributed by atoms with Crippen molar-refractivity contribution in [3.8, 4) is 11.5 Å². The van der Waals surface area contributed by atoms with E-state index in [1.54, 1.807) is 12.1 Å². The molecule has 5 heteroatoms. The summed E-state index contributed by atoms with van der Waals surface area (Å²) in [7, 11) is 1.54. The minimum atomic E-state index is -0.743. The highest BCUT2D eigenvalue weighted by Crippen LogP contribution is 2.45. The van der Waals surface area contributed by atoms with E-state index in [-0.39, 0.29) is 12.0 Å². The van der Waals surface area contributed by atoms with Crippen LogP contribution in [0.4, 0.5) is 0 Å². The van der Waals surface area contributed by atoms with Gasteiger partial charge in [0.2, 0.25) is 0 Å². The normalized spacial score (nSPS) is 25.1. The van der Waals surface area contributed by atoms with Crippen LogP contribution >= 0.6 is 0 Å². The SMILES string of the molecule is COc1cc2c(c3oc(=O)ccc13)[C@@H](O)[C@H](C)[C@@H](C)O2. The van der Waals surface area contributed by atoms with Crippen molar-refractivity contribution in [1.29, 1.82) is 0 Å². The fourth-order valence-corrected chi connectivity index (χ4v) is 2.57. The van der Waals surface area contributed by atoms with Crippen LogP contribution in [0.2, 0.25) is 0 Å². The van der Waals surface area contributed by atoms with Gasteiger partial charge >= 0.3 is 5.63 Å². The van der Waals surface area contributed by atoms with Crippen LogP contribution in [0.3, 0.4) is 0 Å². The van der Waals surface area contributed by atoms with E-state index in [0.29, 0.717) is 28.0 Å². The third-order valence-corrected chi connectivity index (χ3v) is 3.94. The van der Waals surface area contributed by atoms with E-state index in [0.717, 1.165) is 0 Å². The van der Waals surface area contributed by atoms with Gasteiger partial charge in [-0.05, 0) is 13.0 Å². The molecule has 1 aromatic heterocycles. The van der Waals surface area contributed by atoms with Gasteiger partial charge < -0.3 is 19.0 Å². The van der Waals surface area contributed by atoms with Crippen LogP contribution in [0.1, 0.15) is 25.5 Å². The molecule has 20 heavy (non-hydrogen) atoms. The summed E-state index contributed by atoms with van der Waals surface area (Å²) in [5.41, 5.74) is 0.383. The number of benzene rings is 1. The molecule has 3 atom stereocenters. The van der Waals surface area contributed by atoms with Gasteiger partial charge in [0.05, 0.1) is 24.2 Å². The molecule has 0 spiro atoms. The second-order valence-corrected chi connectivity index (χ2v) is 5.11. The summed E-state index contributed by atoms with van der Waals surface area (Å²) in [6.45, 7) is 3.80. The third kappa shape index (κ3) is 1.78. The second kappa shape index (κ2) is 4.52. The predicted octanol–water partition coefficient (Wildman–Crippen LogP) is 2.25. The Balaban J connectivity index is 2.38. The minimum Gasteiger partial charge on any atom is -0.496 e. The van der Waals surface area contributed by atoms with Gasteiger partial charge in [-0.25, -0.2) is 4.79 Å². The molecule has 1 N–H and O–H groups in total. The monoisotopic (exact) mass is 276 g/mol. The molecular weight excluding hydrogens is 260 g/mol. The molecule has 0 aliphatic carbocycles. The summed E-state index contributed by atoms with van der Waals surface area (Å²) < 4.78 is 16.4. The first-order valence-corrected chi connectivity index (χ1v) is 6.52. The highest BCUT2D eigenvalue weighted by molar-refractivity contribution is 5.89. The van der Waals surface area contributed by atoms with Gasteiger partial charge in [-0.3, -0.25) is 0 Å². The van der Waals surface area contributed by atoms with Crippen LogP contribution in [0, 0.1) is 5.92 Å². The Bertz CT molecular complexity index is 718. The summed E-state index contributed by atoms with van der Waals surface area (Å²) in [6, 6.07) is 4.69. The number of methoxy groups -OCH3 is 1. The lowest BCUT2D eigenvalue weighted by Crippen LogP contribution is -2.32. The number of aliphatic hydroxyl groups excluding tert-OH is 1. The molecule has 2 heterocycles. The fourth-order valence-electron chi connectivity index (χ4n) is 2.57. The van der Waals surface area contributed by atoms with Crippen LogP contribution < -0.4 is 15.1 Å². The first kappa shape index (κ1) is 13.0. The molecule has 3 rings (SSSR count). The topological polar surface area (TPSA) is 68.9 Å². The van der Waals surface area contributed by atoms with Crippen molar-refractivity contribution in [2.45, 2.75) is 26.1 Å². The molecule has 0 saturated carbocycles. The summed E-state index contributed by atoms with van der Waals surface area (Å²) in [5.74, 6) is 0.961. The maximum atomic E-state index is 11.5. The van der Waals surface area contributed by atoms with Gasteiger partial charge in [-0.2, -0.15) is 0 Å². The fraction of sp³-hybridized carbons (Fsp3) is 0.400. The molecule has 1 aliphatic heterocycles. The quantitative estimate of drug-likeness (QED) is 0.809. The zero-order valence-corrected chi connectivity index (χ0v) is 11.5. The molecular formula is C15H16O5. The number of hydrogen-bond donors (Lipinski definition) is 1. The van der Waals surface area contributed by atoms with Crippen molar-refractivity contribution >= 4 is 11.0 Å². The molecule has 0 radical (unpaired) electrons. The maximum absolute atomic E-state index is 11.5. The van der Waals surface area contributed by atoms with Gasteiger partial charge in [0, 0.05) is 18.1 Å². The summed E-state index contributed by atoms with van der Waals surface area (Å²) in [5, 5.41) is 11.1. The third-order valence-electron chi connectivity index (χ3n) is 3.94. The number of fused-ring (bicyclic) bond motifs is 3. The minimum absolute atomic E-state index is 0.0930. The van der Waals surface area contributed by atoms with E-state index in [2.05, 4.69) is 0 Å². The average Bonchev–Trinajstić information content (AvgIpc) is 2.43. The summed E-state index contributed by atoms with van der Waals surface area (Å²) >= 11 is 0. The van der Waals surface area contributed by atoms with Crippen molar-refractivity contribution in [2.75, 3.05) is 7.11 Å². The summed E-state index contributed by atoms with van der Waals surface area (Å²) in [6.07, 6.45) is -0.872. The molecule has 106 valence electrons. The van der Waals surface area contributed by atoms with E-state index in [9.17, 15) is 9.90 Å². The first-order chi connectivity index (χ1) is 9.52. The van der Waals surface area contributed by atoms with E-state index in [1.165, 1.54) is 13.2 Å². The number of ether oxygens (including phenoxy) is 2. The Labute approximate surface area is 115 Å². The molecule has 0 fully saturated rings. The Hall–Kier alpha value is -2.01. The molecule has 1 aliphatic rings. The lowest BCUT2D eigenvalue weighted by molar-refractivity contribution is 0.0178. The maximum Gasteiger partial charge on any atom is 0.336 e. The van der Waals surface area contributed by atoms with Crippen LogP contribution in [0.5, 0.6) is 11.5 Å². The number of hydrogen-bond acceptors (Lipinski definition) is 5. The van der Waals surface area contributed by atoms with Gasteiger partial charge in [0.1, 0.15) is 17.6 Å². The van der Waals surface area contributed by atoms with Crippen molar-refractivity contribution in [1.82, 2.24) is 0 Å². The molecule has 0 unspecified atom stereocenters. The molecule has 2 aromatic rings. The lowest BCUT2D eigenvalue weighted by atomic mass is 9.88. The van der Waals surface area contributed by atoms with Crippen molar-refractivity contribution < 1.29 is 19.0 Å². The van der Waals surface area contributed by atoms with Crippen molar-refractivity contribution in [2.24, 2.45) is 5.92 Å². The Morgan fingerprint density at radius 1 is 1.30 bits per heavy atom. The van der Waals surface area contributed by atoms with Crippen LogP contribution in [-0.2, 0) is 0 Å².